The van der Waals surface area contributed by atoms with Gasteiger partial charge < -0.3 is 14.9 Å². The molecule has 2 aromatic rings. The van der Waals surface area contributed by atoms with E-state index in [1.807, 2.05) is 6.07 Å². The Kier molecular flexibility index (Phi) is 4.68. The van der Waals surface area contributed by atoms with Crippen molar-refractivity contribution in [2.75, 3.05) is 7.11 Å². The molecule has 2 rings (SSSR count). The number of methoxy groups -OCH3 is 1. The van der Waals surface area contributed by atoms with Crippen LogP contribution in [0.15, 0.2) is 45.9 Å². The molecule has 7 heteroatoms. The number of hydrogen-bond donors (Lipinski definition) is 2. The van der Waals surface area contributed by atoms with E-state index in [1.54, 1.807) is 30.3 Å². The van der Waals surface area contributed by atoms with Gasteiger partial charge in [0.1, 0.15) is 11.5 Å². The van der Waals surface area contributed by atoms with Crippen molar-refractivity contribution >= 4 is 29.5 Å². The molecule has 0 aliphatic heterocycles. The largest absolute Gasteiger partial charge is 0.465 e. The minimum atomic E-state index is -0.424. The van der Waals surface area contributed by atoms with Gasteiger partial charge in [0.2, 0.25) is 0 Å². The molecule has 0 atom stereocenters. The molecule has 1 aromatic heterocycles. The molecule has 1 heterocycles. The maximum absolute atomic E-state index is 11.7. The fraction of sp³-hybridized carbons (Fsp3) is 0.0714. The third kappa shape index (κ3) is 3.67. The van der Waals surface area contributed by atoms with Gasteiger partial charge in [-0.3, -0.25) is 5.43 Å². The molecular weight excluding hydrogens is 290 g/mol. The van der Waals surface area contributed by atoms with Crippen molar-refractivity contribution in [1.29, 1.82) is 0 Å². The number of hydrazone groups is 1. The van der Waals surface area contributed by atoms with Crippen molar-refractivity contribution in [2.45, 2.75) is 0 Å². The first-order chi connectivity index (χ1) is 10.1. The number of ether oxygens (including phenoxy) is 1. The van der Waals surface area contributed by atoms with Crippen LogP contribution < -0.4 is 11.2 Å². The summed E-state index contributed by atoms with van der Waals surface area (Å²) in [5, 5.41) is 3.86. The van der Waals surface area contributed by atoms with Crippen LogP contribution in [-0.2, 0) is 4.74 Å². The van der Waals surface area contributed by atoms with Crippen molar-refractivity contribution < 1.29 is 13.9 Å². The fourth-order valence-electron chi connectivity index (χ4n) is 1.71. The zero-order chi connectivity index (χ0) is 15.2. The van der Waals surface area contributed by atoms with Crippen LogP contribution in [0.25, 0.3) is 11.3 Å². The van der Waals surface area contributed by atoms with Crippen LogP contribution in [-0.4, -0.2) is 24.4 Å². The Balaban J connectivity index is 2.28. The van der Waals surface area contributed by atoms with Crippen molar-refractivity contribution in [3.63, 3.8) is 0 Å². The summed E-state index contributed by atoms with van der Waals surface area (Å²) in [6, 6.07) is 10.5. The van der Waals surface area contributed by atoms with Gasteiger partial charge in [-0.2, -0.15) is 5.10 Å². The van der Waals surface area contributed by atoms with E-state index in [2.05, 4.69) is 22.7 Å². The number of nitrogens with zero attached hydrogens (tertiary/aromatic N) is 1. The van der Waals surface area contributed by atoms with Crippen LogP contribution in [0.1, 0.15) is 16.1 Å². The molecule has 3 N–H and O–H groups in total. The first kappa shape index (κ1) is 14.7. The zero-order valence-electron chi connectivity index (χ0n) is 11.2. The average Bonchev–Trinajstić information content (AvgIpc) is 2.95. The van der Waals surface area contributed by atoms with E-state index in [0.717, 1.165) is 0 Å². The monoisotopic (exact) mass is 303 g/mol. The third-order valence-electron chi connectivity index (χ3n) is 2.59. The molecule has 0 saturated carbocycles. The molecule has 108 valence electrons. The Morgan fingerprint density at radius 2 is 2.14 bits per heavy atom. The van der Waals surface area contributed by atoms with Crippen LogP contribution in [0.5, 0.6) is 0 Å². The molecular formula is C14H13N3O3S. The Bertz CT molecular complexity index is 694. The van der Waals surface area contributed by atoms with E-state index < -0.39 is 5.97 Å². The molecule has 0 aliphatic carbocycles. The standard InChI is InChI=1S/C14H13N3O3S/c1-19-13(18)11-5-3-2-4-10(11)12-7-6-9(20-12)8-16-17-14(15)21/h2-8H,1H3,(H3,15,17,21)/b16-8-. The predicted octanol–water partition coefficient (Wildman–Crippen LogP) is 1.90. The van der Waals surface area contributed by atoms with Crippen LogP contribution >= 0.6 is 12.2 Å². The number of thiocarbonyl (C=S) groups is 1. The van der Waals surface area contributed by atoms with E-state index in [4.69, 9.17) is 14.9 Å². The molecule has 0 bridgehead atoms. The van der Waals surface area contributed by atoms with E-state index in [-0.39, 0.29) is 5.11 Å². The highest BCUT2D eigenvalue weighted by Crippen LogP contribution is 2.25. The molecule has 0 amide bonds. The number of nitrogens with one attached hydrogen (secondary N) is 1. The summed E-state index contributed by atoms with van der Waals surface area (Å²) in [7, 11) is 1.33. The Morgan fingerprint density at radius 1 is 1.38 bits per heavy atom. The number of esters is 1. The SMILES string of the molecule is COC(=O)c1ccccc1-c1ccc(/C=N\NC(N)=S)o1. The quantitative estimate of drug-likeness (QED) is 0.388. The number of nitrogens with two attached hydrogens (primary N) is 1. The van der Waals surface area contributed by atoms with Gasteiger partial charge in [0, 0.05) is 5.56 Å². The summed E-state index contributed by atoms with van der Waals surface area (Å²) in [6.45, 7) is 0. The van der Waals surface area contributed by atoms with Crippen LogP contribution in [0.3, 0.4) is 0 Å². The predicted molar refractivity (Wildman–Crippen MR) is 83.0 cm³/mol. The summed E-state index contributed by atoms with van der Waals surface area (Å²) in [5.41, 5.74) is 8.75. The zero-order valence-corrected chi connectivity index (χ0v) is 12.0. The van der Waals surface area contributed by atoms with E-state index in [9.17, 15) is 4.79 Å². The smallest absolute Gasteiger partial charge is 0.338 e. The second-order valence-electron chi connectivity index (χ2n) is 3.97. The first-order valence-corrected chi connectivity index (χ1v) is 6.38. The number of furan rings is 1. The number of hydrogen-bond acceptors (Lipinski definition) is 5. The summed E-state index contributed by atoms with van der Waals surface area (Å²) >= 11 is 4.62. The third-order valence-corrected chi connectivity index (χ3v) is 2.68. The van der Waals surface area contributed by atoms with E-state index >= 15 is 0 Å². The lowest BCUT2D eigenvalue weighted by atomic mass is 10.1. The second kappa shape index (κ2) is 6.67. The Labute approximate surface area is 126 Å². The highest BCUT2D eigenvalue weighted by Gasteiger charge is 2.14. The molecule has 0 unspecified atom stereocenters. The second-order valence-corrected chi connectivity index (χ2v) is 4.41. The number of carbonyl (C=O) groups is 1. The van der Waals surface area contributed by atoms with Gasteiger partial charge in [0.05, 0.1) is 18.9 Å². The lowest BCUT2D eigenvalue weighted by Crippen LogP contribution is -2.23. The van der Waals surface area contributed by atoms with Crippen LogP contribution in [0.4, 0.5) is 0 Å². The number of benzene rings is 1. The maximum atomic E-state index is 11.7. The summed E-state index contributed by atoms with van der Waals surface area (Å²) < 4.78 is 10.4. The van der Waals surface area contributed by atoms with E-state index in [0.29, 0.717) is 22.6 Å². The highest BCUT2D eigenvalue weighted by atomic mass is 32.1. The van der Waals surface area contributed by atoms with Crippen molar-refractivity contribution in [1.82, 2.24) is 5.43 Å². The minimum absolute atomic E-state index is 0.0640. The molecule has 0 radical (unpaired) electrons. The minimum Gasteiger partial charge on any atom is -0.465 e. The molecule has 0 spiro atoms. The van der Waals surface area contributed by atoms with Crippen molar-refractivity contribution in [3.8, 4) is 11.3 Å². The van der Waals surface area contributed by atoms with Gasteiger partial charge in [-0.25, -0.2) is 4.79 Å². The summed E-state index contributed by atoms with van der Waals surface area (Å²) in [5.74, 6) is 0.605. The van der Waals surface area contributed by atoms with Gasteiger partial charge in [-0.15, -0.1) is 0 Å². The Hall–Kier alpha value is -2.67. The summed E-state index contributed by atoms with van der Waals surface area (Å²) in [4.78, 5) is 11.7. The number of carbonyl (C=O) groups excluding carboxylic acids is 1. The first-order valence-electron chi connectivity index (χ1n) is 5.98. The highest BCUT2D eigenvalue weighted by molar-refractivity contribution is 7.80. The van der Waals surface area contributed by atoms with Gasteiger partial charge in [0.25, 0.3) is 0 Å². The molecule has 0 saturated heterocycles. The van der Waals surface area contributed by atoms with E-state index in [1.165, 1.54) is 13.3 Å². The fourth-order valence-corrected chi connectivity index (χ4v) is 1.77. The average molecular weight is 303 g/mol. The topological polar surface area (TPSA) is 89.8 Å². The Morgan fingerprint density at radius 3 is 2.86 bits per heavy atom. The maximum Gasteiger partial charge on any atom is 0.338 e. The van der Waals surface area contributed by atoms with Crippen molar-refractivity contribution in [2.24, 2.45) is 10.8 Å². The normalized spacial score (nSPS) is 10.5. The number of rotatable bonds is 4. The lowest BCUT2D eigenvalue weighted by molar-refractivity contribution is 0.0601. The molecule has 1 aromatic carbocycles. The van der Waals surface area contributed by atoms with Gasteiger partial charge in [0.15, 0.2) is 5.11 Å². The molecule has 21 heavy (non-hydrogen) atoms. The van der Waals surface area contributed by atoms with Crippen LogP contribution in [0.2, 0.25) is 0 Å². The summed E-state index contributed by atoms with van der Waals surface area (Å²) in [6.07, 6.45) is 1.43. The van der Waals surface area contributed by atoms with Crippen molar-refractivity contribution in [3.05, 3.63) is 47.7 Å². The van der Waals surface area contributed by atoms with Gasteiger partial charge >= 0.3 is 5.97 Å². The van der Waals surface area contributed by atoms with Crippen LogP contribution in [0, 0.1) is 0 Å². The molecule has 6 nitrogen and oxygen atoms in total. The lowest BCUT2D eigenvalue weighted by Gasteiger charge is -2.04. The van der Waals surface area contributed by atoms with Gasteiger partial charge in [-0.05, 0) is 30.4 Å². The van der Waals surface area contributed by atoms with Gasteiger partial charge in [-0.1, -0.05) is 18.2 Å². The molecule has 0 fully saturated rings. The molecule has 0 aliphatic rings.